The van der Waals surface area contributed by atoms with Crippen molar-refractivity contribution in [2.75, 3.05) is 18.9 Å². The highest BCUT2D eigenvalue weighted by Crippen LogP contribution is 2.23. The largest absolute Gasteiger partial charge is 0.497 e. The maximum atomic E-state index is 12.4. The number of hydrogen-bond acceptors (Lipinski definition) is 5. The number of methoxy groups -OCH3 is 1. The van der Waals surface area contributed by atoms with Gasteiger partial charge in [0.05, 0.1) is 22.6 Å². The van der Waals surface area contributed by atoms with E-state index in [4.69, 9.17) is 4.74 Å². The third kappa shape index (κ3) is 3.86. The van der Waals surface area contributed by atoms with E-state index in [0.717, 1.165) is 0 Å². The molecule has 24 heavy (non-hydrogen) atoms. The van der Waals surface area contributed by atoms with Gasteiger partial charge in [0.15, 0.2) is 0 Å². The average Bonchev–Trinajstić information content (AvgIpc) is 2.56. The molecule has 0 aliphatic carbocycles. The summed E-state index contributed by atoms with van der Waals surface area (Å²) in [5, 5.41) is 0. The molecule has 0 radical (unpaired) electrons. The van der Waals surface area contributed by atoms with Crippen LogP contribution in [0.5, 0.6) is 5.75 Å². The number of ether oxygens (including phenoxy) is 1. The van der Waals surface area contributed by atoms with Gasteiger partial charge in [0.25, 0.3) is 10.0 Å². The minimum absolute atomic E-state index is 0.0138. The fourth-order valence-electron chi connectivity index (χ4n) is 2.03. The van der Waals surface area contributed by atoms with Gasteiger partial charge in [-0.1, -0.05) is 6.07 Å². The fraction of sp³-hybridized carbons (Fsp3) is 0.200. The molecule has 0 aliphatic rings. The lowest BCUT2D eigenvalue weighted by Gasteiger charge is -2.12. The van der Waals surface area contributed by atoms with E-state index >= 15 is 0 Å². The summed E-state index contributed by atoms with van der Waals surface area (Å²) in [6, 6.07) is 10.2. The van der Waals surface area contributed by atoms with Gasteiger partial charge in [-0.3, -0.25) is 4.72 Å². The number of rotatable bonds is 6. The summed E-state index contributed by atoms with van der Waals surface area (Å²) in [6.45, 7) is 1.63. The van der Waals surface area contributed by atoms with Crippen molar-refractivity contribution in [1.82, 2.24) is 4.72 Å². The molecule has 0 saturated heterocycles. The zero-order valence-electron chi connectivity index (χ0n) is 13.4. The molecule has 0 fully saturated rings. The molecule has 9 heteroatoms. The minimum Gasteiger partial charge on any atom is -0.497 e. The van der Waals surface area contributed by atoms with E-state index in [-0.39, 0.29) is 15.5 Å². The Morgan fingerprint density at radius 1 is 0.917 bits per heavy atom. The van der Waals surface area contributed by atoms with Crippen molar-refractivity contribution >= 4 is 25.7 Å². The summed E-state index contributed by atoms with van der Waals surface area (Å²) in [4.78, 5) is 0.0572. The molecular formula is C15H18N2O5S2. The summed E-state index contributed by atoms with van der Waals surface area (Å²) in [5.74, 6) is 0.534. The maximum absolute atomic E-state index is 12.4. The van der Waals surface area contributed by atoms with Crippen molar-refractivity contribution in [3.8, 4) is 5.75 Å². The summed E-state index contributed by atoms with van der Waals surface area (Å²) in [5.41, 5.74) is 0.669. The first-order valence-corrected chi connectivity index (χ1v) is 9.87. The lowest BCUT2D eigenvalue weighted by atomic mass is 10.2. The predicted octanol–water partition coefficient (Wildman–Crippen LogP) is 1.71. The highest BCUT2D eigenvalue weighted by Gasteiger charge is 2.18. The molecule has 7 nitrogen and oxygen atoms in total. The van der Waals surface area contributed by atoms with E-state index in [0.29, 0.717) is 11.3 Å². The van der Waals surface area contributed by atoms with Crippen LogP contribution in [0.2, 0.25) is 0 Å². The molecule has 0 spiro atoms. The number of anilines is 1. The van der Waals surface area contributed by atoms with Gasteiger partial charge < -0.3 is 4.74 Å². The molecule has 2 rings (SSSR count). The highest BCUT2D eigenvalue weighted by atomic mass is 32.2. The van der Waals surface area contributed by atoms with Crippen LogP contribution in [-0.2, 0) is 20.0 Å². The Hall–Kier alpha value is -2.10. The Morgan fingerprint density at radius 3 is 2.08 bits per heavy atom. The maximum Gasteiger partial charge on any atom is 0.261 e. The van der Waals surface area contributed by atoms with E-state index in [1.54, 1.807) is 6.92 Å². The SMILES string of the molecule is CNS(=O)(=O)c1cc(NS(=O)(=O)c2ccc(OC)cc2)ccc1C. The van der Waals surface area contributed by atoms with Gasteiger partial charge in [-0.05, 0) is 55.9 Å². The van der Waals surface area contributed by atoms with Gasteiger partial charge in [-0.2, -0.15) is 0 Å². The molecule has 0 unspecified atom stereocenters. The van der Waals surface area contributed by atoms with Crippen molar-refractivity contribution in [2.45, 2.75) is 16.7 Å². The molecule has 2 aromatic rings. The minimum atomic E-state index is -3.84. The molecule has 0 aromatic heterocycles. The van der Waals surface area contributed by atoms with Crippen molar-refractivity contribution in [2.24, 2.45) is 0 Å². The van der Waals surface area contributed by atoms with Crippen LogP contribution >= 0.6 is 0 Å². The normalized spacial score (nSPS) is 12.0. The van der Waals surface area contributed by atoms with E-state index in [1.807, 2.05) is 0 Å². The van der Waals surface area contributed by atoms with Crippen LogP contribution in [0.4, 0.5) is 5.69 Å². The van der Waals surface area contributed by atoms with Gasteiger partial charge in [0.2, 0.25) is 10.0 Å². The second kappa shape index (κ2) is 6.80. The van der Waals surface area contributed by atoms with E-state index in [2.05, 4.69) is 9.44 Å². The van der Waals surface area contributed by atoms with Gasteiger partial charge in [-0.25, -0.2) is 21.6 Å². The number of sulfonamides is 2. The van der Waals surface area contributed by atoms with Crippen molar-refractivity contribution in [3.63, 3.8) is 0 Å². The third-order valence-electron chi connectivity index (χ3n) is 3.37. The quantitative estimate of drug-likeness (QED) is 0.806. The van der Waals surface area contributed by atoms with Gasteiger partial charge in [0.1, 0.15) is 5.75 Å². The smallest absolute Gasteiger partial charge is 0.261 e. The van der Waals surface area contributed by atoms with Gasteiger partial charge in [-0.15, -0.1) is 0 Å². The van der Waals surface area contributed by atoms with Crippen LogP contribution in [0.1, 0.15) is 5.56 Å². The summed E-state index contributed by atoms with van der Waals surface area (Å²) in [7, 11) is -4.74. The summed E-state index contributed by atoms with van der Waals surface area (Å²) < 4.78 is 58.3. The molecule has 0 atom stereocenters. The van der Waals surface area contributed by atoms with Gasteiger partial charge in [0, 0.05) is 0 Å². The van der Waals surface area contributed by atoms with Crippen LogP contribution < -0.4 is 14.2 Å². The monoisotopic (exact) mass is 370 g/mol. The van der Waals surface area contributed by atoms with Crippen LogP contribution in [0.3, 0.4) is 0 Å². The Morgan fingerprint density at radius 2 is 1.54 bits per heavy atom. The molecule has 0 aliphatic heterocycles. The zero-order chi connectivity index (χ0) is 18.0. The molecule has 130 valence electrons. The first kappa shape index (κ1) is 18.2. The standard InChI is InChI=1S/C15H18N2O5S2/c1-11-4-5-12(10-15(11)24(20,21)16-2)17-23(18,19)14-8-6-13(22-3)7-9-14/h4-10,16-17H,1-3H3. The predicted molar refractivity (Wildman–Crippen MR) is 91.2 cm³/mol. The lowest BCUT2D eigenvalue weighted by Crippen LogP contribution is -2.20. The Labute approximate surface area is 141 Å². The molecule has 0 amide bonds. The van der Waals surface area contributed by atoms with Crippen LogP contribution in [0, 0.1) is 6.92 Å². The lowest BCUT2D eigenvalue weighted by molar-refractivity contribution is 0.414. The summed E-state index contributed by atoms with van der Waals surface area (Å²) in [6.07, 6.45) is 0. The van der Waals surface area contributed by atoms with Crippen LogP contribution in [0.15, 0.2) is 52.3 Å². The topological polar surface area (TPSA) is 102 Å². The van der Waals surface area contributed by atoms with Crippen molar-refractivity contribution in [3.05, 3.63) is 48.0 Å². The number of hydrogen-bond donors (Lipinski definition) is 2. The first-order valence-electron chi connectivity index (χ1n) is 6.90. The van der Waals surface area contributed by atoms with Crippen LogP contribution in [0.25, 0.3) is 0 Å². The van der Waals surface area contributed by atoms with E-state index in [9.17, 15) is 16.8 Å². The highest BCUT2D eigenvalue weighted by molar-refractivity contribution is 7.92. The average molecular weight is 370 g/mol. The number of benzene rings is 2. The van der Waals surface area contributed by atoms with Crippen molar-refractivity contribution in [1.29, 1.82) is 0 Å². The second-order valence-corrected chi connectivity index (χ2v) is 8.51. The van der Waals surface area contributed by atoms with Gasteiger partial charge >= 0.3 is 0 Å². The Kier molecular flexibility index (Phi) is 5.16. The van der Waals surface area contributed by atoms with E-state index in [1.165, 1.54) is 56.6 Å². The number of nitrogens with one attached hydrogen (secondary N) is 2. The van der Waals surface area contributed by atoms with Crippen LogP contribution in [-0.4, -0.2) is 31.0 Å². The molecule has 0 saturated carbocycles. The zero-order valence-corrected chi connectivity index (χ0v) is 15.0. The third-order valence-corrected chi connectivity index (χ3v) is 6.32. The molecule has 0 bridgehead atoms. The fourth-order valence-corrected chi connectivity index (χ4v) is 4.08. The van der Waals surface area contributed by atoms with Crippen molar-refractivity contribution < 1.29 is 21.6 Å². The van der Waals surface area contributed by atoms with E-state index < -0.39 is 20.0 Å². The Bertz CT molecular complexity index is 936. The molecule has 2 N–H and O–H groups in total. The molecule has 2 aromatic carbocycles. The summed E-state index contributed by atoms with van der Waals surface area (Å²) >= 11 is 0. The molecule has 0 heterocycles. The second-order valence-electron chi connectivity index (χ2n) is 4.97. The molecular weight excluding hydrogens is 352 g/mol. The Balaban J connectivity index is 2.38. The first-order chi connectivity index (χ1) is 11.2. The number of aryl methyl sites for hydroxylation is 1.